The van der Waals surface area contributed by atoms with E-state index in [0.29, 0.717) is 48.1 Å². The minimum Gasteiger partial charge on any atom is -0.492 e. The Balaban J connectivity index is 1.16. The van der Waals surface area contributed by atoms with Gasteiger partial charge >= 0.3 is 0 Å². The first kappa shape index (κ1) is 23.2. The first-order valence-electron chi connectivity index (χ1n) is 12.0. The van der Waals surface area contributed by atoms with E-state index in [0.717, 1.165) is 23.9 Å². The summed E-state index contributed by atoms with van der Waals surface area (Å²) in [6.07, 6.45) is 5.23. The van der Waals surface area contributed by atoms with Crippen molar-refractivity contribution in [1.82, 2.24) is 19.4 Å². The fourth-order valence-corrected chi connectivity index (χ4v) is 5.53. The predicted octanol–water partition coefficient (Wildman–Crippen LogP) is 3.06. The molecule has 3 N–H and O–H groups in total. The first-order chi connectivity index (χ1) is 18.1. The normalized spacial score (nSPS) is 19.1. The average Bonchev–Trinajstić information content (AvgIpc) is 3.36. The van der Waals surface area contributed by atoms with Gasteiger partial charge in [-0.1, -0.05) is 18.2 Å². The summed E-state index contributed by atoms with van der Waals surface area (Å²) in [6.45, 7) is 1.71. The summed E-state index contributed by atoms with van der Waals surface area (Å²) in [5, 5.41) is 0. The van der Waals surface area contributed by atoms with Crippen LogP contribution in [0.25, 0.3) is 16.9 Å². The summed E-state index contributed by atoms with van der Waals surface area (Å²) in [5.74, 6) is 1.55. The smallest absolute Gasteiger partial charge is 0.254 e. The van der Waals surface area contributed by atoms with Crippen LogP contribution in [0.15, 0.2) is 71.5 Å². The van der Waals surface area contributed by atoms with Crippen molar-refractivity contribution in [2.75, 3.05) is 24.4 Å². The molecule has 1 fully saturated rings. The summed E-state index contributed by atoms with van der Waals surface area (Å²) >= 11 is -1.59. The van der Waals surface area contributed by atoms with Crippen LogP contribution in [0.2, 0.25) is 0 Å². The Hall–Kier alpha value is -4.25. The fraction of sp³-hybridized carbons (Fsp3) is 0.231. The van der Waals surface area contributed by atoms with E-state index >= 15 is 0 Å². The van der Waals surface area contributed by atoms with Crippen molar-refractivity contribution in [3.8, 4) is 11.6 Å². The molecular weight excluding hydrogens is 490 g/mol. The third kappa shape index (κ3) is 4.53. The van der Waals surface area contributed by atoms with Crippen LogP contribution in [0.3, 0.4) is 0 Å². The number of carbonyl (C=O) groups is 1. The first-order valence-corrected chi connectivity index (χ1v) is 13.1. The number of benzene rings is 2. The predicted molar refractivity (Wildman–Crippen MR) is 142 cm³/mol. The number of likely N-dealkylation sites (tertiary alicyclic amines) is 1. The van der Waals surface area contributed by atoms with E-state index in [1.54, 1.807) is 24.7 Å². The quantitative estimate of drug-likeness (QED) is 0.421. The van der Waals surface area contributed by atoms with Gasteiger partial charge in [-0.25, -0.2) is 14.2 Å². The topological polar surface area (TPSA) is 128 Å². The van der Waals surface area contributed by atoms with E-state index in [2.05, 4.69) is 19.1 Å². The summed E-state index contributed by atoms with van der Waals surface area (Å²) in [7, 11) is 0. The molecule has 0 saturated carbocycles. The number of carbonyl (C=O) groups excluding carboxylic acids is 1. The number of nitrogens with zero attached hydrogens (tertiary/aromatic N) is 5. The molecule has 2 aliphatic heterocycles. The Morgan fingerprint density at radius 2 is 2.05 bits per heavy atom. The van der Waals surface area contributed by atoms with Gasteiger partial charge in [0.25, 0.3) is 5.91 Å². The molecule has 11 heteroatoms. The van der Waals surface area contributed by atoms with Crippen molar-refractivity contribution in [2.45, 2.75) is 12.8 Å². The molecular formula is C26H25N7O3S. The zero-order chi connectivity index (χ0) is 25.4. The number of imidazole rings is 1. The SMILES string of the molecule is NC1=NS(=O)Nc2cccc(OCC3CCCN(C(=O)c4ccnc(-n5cnc6ccccc65)c4)C3)c21. The van der Waals surface area contributed by atoms with Crippen molar-refractivity contribution < 1.29 is 13.7 Å². The van der Waals surface area contributed by atoms with Gasteiger partial charge < -0.3 is 15.4 Å². The maximum atomic E-state index is 13.4. The number of pyridine rings is 1. The van der Waals surface area contributed by atoms with Crippen molar-refractivity contribution in [1.29, 1.82) is 0 Å². The van der Waals surface area contributed by atoms with Crippen molar-refractivity contribution in [3.05, 3.63) is 78.2 Å². The monoisotopic (exact) mass is 515 g/mol. The molecule has 0 bridgehead atoms. The molecule has 2 aromatic carbocycles. The number of hydrogen-bond donors (Lipinski definition) is 2. The lowest BCUT2D eigenvalue weighted by molar-refractivity contribution is 0.0633. The summed E-state index contributed by atoms with van der Waals surface area (Å²) in [4.78, 5) is 24.2. The zero-order valence-corrected chi connectivity index (χ0v) is 20.7. The molecule has 1 saturated heterocycles. The van der Waals surface area contributed by atoms with Crippen LogP contribution in [0.4, 0.5) is 5.69 Å². The van der Waals surface area contributed by atoms with E-state index < -0.39 is 11.2 Å². The molecule has 0 aliphatic carbocycles. The number of nitrogens with one attached hydrogen (secondary N) is 1. The number of nitrogens with two attached hydrogens (primary N) is 1. The van der Waals surface area contributed by atoms with Crippen LogP contribution in [0.5, 0.6) is 5.75 Å². The Morgan fingerprint density at radius 1 is 1.16 bits per heavy atom. The second-order valence-corrected chi connectivity index (χ2v) is 9.97. The molecule has 2 unspecified atom stereocenters. The molecule has 37 heavy (non-hydrogen) atoms. The van der Waals surface area contributed by atoms with Crippen LogP contribution in [-0.2, 0) is 11.2 Å². The lowest BCUT2D eigenvalue weighted by Gasteiger charge is -2.33. The lowest BCUT2D eigenvalue weighted by atomic mass is 9.98. The van der Waals surface area contributed by atoms with E-state index in [1.807, 2.05) is 51.9 Å². The van der Waals surface area contributed by atoms with Gasteiger partial charge in [0, 0.05) is 30.8 Å². The van der Waals surface area contributed by atoms with Gasteiger partial charge in [-0.05, 0) is 49.2 Å². The Kier molecular flexibility index (Phi) is 6.05. The molecule has 4 aromatic rings. The Labute approximate surface area is 215 Å². The lowest BCUT2D eigenvalue weighted by Crippen LogP contribution is -2.41. The van der Waals surface area contributed by atoms with Crippen LogP contribution in [0, 0.1) is 5.92 Å². The number of piperidine rings is 1. The van der Waals surface area contributed by atoms with Gasteiger partial charge in [0.05, 0.1) is 28.9 Å². The minimum absolute atomic E-state index is 0.0297. The van der Waals surface area contributed by atoms with Gasteiger partial charge in [0.2, 0.25) is 11.2 Å². The van der Waals surface area contributed by atoms with E-state index in [9.17, 15) is 9.00 Å². The summed E-state index contributed by atoms with van der Waals surface area (Å²) in [5.41, 5.74) is 9.66. The highest BCUT2D eigenvalue weighted by atomic mass is 32.2. The van der Waals surface area contributed by atoms with E-state index in [4.69, 9.17) is 10.5 Å². The molecule has 188 valence electrons. The number of ether oxygens (including phenoxy) is 1. The van der Waals surface area contributed by atoms with E-state index in [1.165, 1.54) is 0 Å². The van der Waals surface area contributed by atoms with Crippen LogP contribution in [0.1, 0.15) is 28.8 Å². The number of amidine groups is 1. The minimum atomic E-state index is -1.59. The molecule has 2 aromatic heterocycles. The summed E-state index contributed by atoms with van der Waals surface area (Å²) < 4.78 is 26.5. The van der Waals surface area contributed by atoms with Gasteiger partial charge in [-0.15, -0.1) is 0 Å². The molecule has 0 spiro atoms. The van der Waals surface area contributed by atoms with Crippen molar-refractivity contribution >= 4 is 39.6 Å². The summed E-state index contributed by atoms with van der Waals surface area (Å²) in [6, 6.07) is 16.8. The number of hydrogen-bond acceptors (Lipinski definition) is 6. The highest BCUT2D eigenvalue weighted by Gasteiger charge is 2.27. The second-order valence-electron chi connectivity index (χ2n) is 9.08. The average molecular weight is 516 g/mol. The molecule has 0 radical (unpaired) electrons. The van der Waals surface area contributed by atoms with Gasteiger partial charge in [0.15, 0.2) is 0 Å². The molecule has 4 heterocycles. The third-order valence-corrected chi connectivity index (χ3v) is 7.39. The molecule has 10 nitrogen and oxygen atoms in total. The number of amides is 1. The maximum Gasteiger partial charge on any atom is 0.254 e. The van der Waals surface area contributed by atoms with Gasteiger partial charge in [-0.2, -0.15) is 4.40 Å². The number of rotatable bonds is 5. The maximum absolute atomic E-state index is 13.4. The number of aromatic nitrogens is 3. The van der Waals surface area contributed by atoms with Gasteiger partial charge in [-0.3, -0.25) is 14.1 Å². The fourth-order valence-electron chi connectivity index (χ4n) is 4.85. The molecule has 6 rings (SSSR count). The van der Waals surface area contributed by atoms with Crippen LogP contribution in [-0.4, -0.2) is 55.1 Å². The zero-order valence-electron chi connectivity index (χ0n) is 19.9. The van der Waals surface area contributed by atoms with Gasteiger partial charge in [0.1, 0.15) is 23.7 Å². The largest absolute Gasteiger partial charge is 0.492 e. The Bertz CT molecular complexity index is 1550. The van der Waals surface area contributed by atoms with Crippen molar-refractivity contribution in [2.24, 2.45) is 16.0 Å². The second kappa shape index (κ2) is 9.66. The van der Waals surface area contributed by atoms with Crippen LogP contribution < -0.4 is 15.2 Å². The number of para-hydroxylation sites is 2. The number of anilines is 1. The highest BCUT2D eigenvalue weighted by molar-refractivity contribution is 7.85. The molecule has 1 amide bonds. The van der Waals surface area contributed by atoms with Crippen LogP contribution >= 0.6 is 0 Å². The molecule has 2 aliphatic rings. The Morgan fingerprint density at radius 3 is 2.97 bits per heavy atom. The van der Waals surface area contributed by atoms with Crippen molar-refractivity contribution in [3.63, 3.8) is 0 Å². The standard InChI is InChI=1S/C26H25N7O3S/c27-25-24-20(30-37(35)31-25)7-3-9-22(24)36-15-17-5-4-12-32(14-17)26(34)18-10-11-28-23(13-18)33-16-29-19-6-1-2-8-21(19)33/h1-3,6-11,13,16-17,30H,4-5,12,14-15H2,(H2,27,31). The molecule has 2 atom stereocenters. The number of fused-ring (bicyclic) bond motifs is 2. The highest BCUT2D eigenvalue weighted by Crippen LogP contribution is 2.30. The van der Waals surface area contributed by atoms with E-state index in [-0.39, 0.29) is 17.7 Å². The third-order valence-electron chi connectivity index (χ3n) is 6.63.